The van der Waals surface area contributed by atoms with Gasteiger partial charge < -0.3 is 5.21 Å². The maximum Gasteiger partial charge on any atom is 0.317 e. The van der Waals surface area contributed by atoms with Gasteiger partial charge in [0.1, 0.15) is 11.6 Å². The average Bonchev–Trinajstić information content (AvgIpc) is 2.33. The molecule has 80 valence electrons. The van der Waals surface area contributed by atoms with E-state index in [-0.39, 0.29) is 11.7 Å². The van der Waals surface area contributed by atoms with Gasteiger partial charge in [0.2, 0.25) is 0 Å². The van der Waals surface area contributed by atoms with Gasteiger partial charge in [-0.3, -0.25) is 0 Å². The first-order valence-electron chi connectivity index (χ1n) is 4.66. The zero-order valence-electron chi connectivity index (χ0n) is 8.57. The summed E-state index contributed by atoms with van der Waals surface area (Å²) in [6.45, 7) is 1.69. The molecule has 0 saturated heterocycles. The smallest absolute Gasteiger partial charge is 0.317 e. The van der Waals surface area contributed by atoms with Gasteiger partial charge in [0.25, 0.3) is 0 Å². The Labute approximate surface area is 97.3 Å². The maximum absolute atomic E-state index is 11.7. The highest BCUT2D eigenvalue weighted by atomic mass is 35.5. The van der Waals surface area contributed by atoms with Crippen molar-refractivity contribution in [2.75, 3.05) is 0 Å². The van der Waals surface area contributed by atoms with Crippen molar-refractivity contribution in [3.05, 3.63) is 40.5 Å². The lowest BCUT2D eigenvalue weighted by Crippen LogP contribution is -2.36. The molecular weight excluding hydrogens is 226 g/mol. The van der Waals surface area contributed by atoms with E-state index >= 15 is 0 Å². The lowest BCUT2D eigenvalue weighted by Gasteiger charge is -2.09. The Morgan fingerprint density at radius 1 is 1.56 bits per heavy atom. The second kappa shape index (κ2) is 3.95. The summed E-state index contributed by atoms with van der Waals surface area (Å²) < 4.78 is 0.705. The molecule has 0 aliphatic carbocycles. The minimum Gasteiger partial charge on any atom is -0.711 e. The number of nitriles is 1. The molecule has 4 nitrogen and oxygen atoms in total. The fraction of sp³-hybridized carbons (Fsp3) is 0.182. The van der Waals surface area contributed by atoms with Crippen LogP contribution >= 0.6 is 11.6 Å². The molecular formula is C11H8ClN3O. The number of rotatable bonds is 1. The van der Waals surface area contributed by atoms with Gasteiger partial charge in [0.15, 0.2) is 5.52 Å². The fourth-order valence-electron chi connectivity index (χ4n) is 1.56. The summed E-state index contributed by atoms with van der Waals surface area (Å²) in [6, 6.07) is 7.07. The van der Waals surface area contributed by atoms with Gasteiger partial charge >= 0.3 is 5.82 Å². The summed E-state index contributed by atoms with van der Waals surface area (Å²) in [5, 5.41) is 21.2. The molecule has 0 spiro atoms. The summed E-state index contributed by atoms with van der Waals surface area (Å²) in [5.74, 6) is 0.344. The Balaban J connectivity index is 2.83. The van der Waals surface area contributed by atoms with E-state index in [1.165, 1.54) is 0 Å². The van der Waals surface area contributed by atoms with Crippen LogP contribution in [0.15, 0.2) is 18.2 Å². The third-order valence-electron chi connectivity index (χ3n) is 2.42. The third-order valence-corrected chi connectivity index (χ3v) is 2.66. The van der Waals surface area contributed by atoms with Gasteiger partial charge in [-0.25, -0.2) is 4.73 Å². The Bertz CT molecular complexity index is 604. The van der Waals surface area contributed by atoms with Crippen LogP contribution in [0.5, 0.6) is 0 Å². The summed E-state index contributed by atoms with van der Waals surface area (Å²) in [4.78, 5) is 4.14. The van der Waals surface area contributed by atoms with Crippen molar-refractivity contribution in [3.8, 4) is 6.07 Å². The van der Waals surface area contributed by atoms with E-state index < -0.39 is 0 Å². The Morgan fingerprint density at radius 3 is 2.94 bits per heavy atom. The molecule has 0 aliphatic heterocycles. The first-order valence-corrected chi connectivity index (χ1v) is 5.19. The molecule has 0 unspecified atom stereocenters. The molecule has 0 amide bonds. The fourth-order valence-corrected chi connectivity index (χ4v) is 1.73. The van der Waals surface area contributed by atoms with Crippen LogP contribution in [0.3, 0.4) is 0 Å². The molecule has 2 aromatic rings. The average molecular weight is 234 g/mol. The topological polar surface area (TPSA) is 63.6 Å². The predicted molar refractivity (Wildman–Crippen MR) is 59.7 cm³/mol. The molecule has 5 heteroatoms. The molecule has 0 bridgehead atoms. The summed E-state index contributed by atoms with van der Waals surface area (Å²) in [6.07, 6.45) is 0. The summed E-state index contributed by atoms with van der Waals surface area (Å²) in [5.41, 5.74) is 1.70. The van der Waals surface area contributed by atoms with E-state index in [2.05, 4.69) is 4.98 Å². The van der Waals surface area contributed by atoms with E-state index in [0.29, 0.717) is 26.9 Å². The molecule has 1 heterocycles. The van der Waals surface area contributed by atoms with E-state index in [1.807, 2.05) is 6.07 Å². The van der Waals surface area contributed by atoms with Crippen molar-refractivity contribution >= 4 is 22.5 Å². The van der Waals surface area contributed by atoms with E-state index in [1.54, 1.807) is 25.1 Å². The van der Waals surface area contributed by atoms with Gasteiger partial charge in [-0.1, -0.05) is 0 Å². The molecule has 1 aromatic heterocycles. The highest BCUT2D eigenvalue weighted by Gasteiger charge is 2.14. The van der Waals surface area contributed by atoms with Crippen LogP contribution in [0.25, 0.3) is 10.9 Å². The van der Waals surface area contributed by atoms with Gasteiger partial charge in [0.05, 0.1) is 17.0 Å². The second-order valence-electron chi connectivity index (χ2n) is 3.39. The van der Waals surface area contributed by atoms with Crippen molar-refractivity contribution in [1.82, 2.24) is 4.98 Å². The van der Waals surface area contributed by atoms with Crippen molar-refractivity contribution in [2.24, 2.45) is 0 Å². The van der Waals surface area contributed by atoms with Crippen LogP contribution in [-0.4, -0.2) is 4.98 Å². The van der Waals surface area contributed by atoms with Crippen molar-refractivity contribution < 1.29 is 4.73 Å². The van der Waals surface area contributed by atoms with Crippen LogP contribution in [0.1, 0.15) is 17.1 Å². The number of nitrogens with zero attached hydrogens (tertiary/aromatic N) is 3. The lowest BCUT2D eigenvalue weighted by atomic mass is 10.1. The molecule has 0 atom stereocenters. The first-order chi connectivity index (χ1) is 7.67. The normalized spacial score (nSPS) is 10.3. The summed E-state index contributed by atoms with van der Waals surface area (Å²) >= 11 is 5.63. The van der Waals surface area contributed by atoms with Crippen LogP contribution in [0.4, 0.5) is 0 Å². The highest BCUT2D eigenvalue weighted by molar-refractivity contribution is 6.16. The van der Waals surface area contributed by atoms with Crippen molar-refractivity contribution in [2.45, 2.75) is 12.8 Å². The number of halogens is 1. The molecule has 0 radical (unpaired) electrons. The van der Waals surface area contributed by atoms with Crippen LogP contribution in [0, 0.1) is 23.5 Å². The van der Waals surface area contributed by atoms with Gasteiger partial charge in [-0.05, 0) is 30.1 Å². The monoisotopic (exact) mass is 233 g/mol. The van der Waals surface area contributed by atoms with E-state index in [4.69, 9.17) is 16.9 Å². The Kier molecular flexibility index (Phi) is 2.63. The zero-order valence-corrected chi connectivity index (χ0v) is 9.32. The van der Waals surface area contributed by atoms with Crippen LogP contribution in [0.2, 0.25) is 0 Å². The standard InChI is InChI=1S/C11H8ClN3O/c1-7-9-4-8(6-13)2-3-10(9)14-11(5-12)15(7)16/h2-4H,5H2,1H3. The number of aryl methyl sites for hydroxylation is 1. The van der Waals surface area contributed by atoms with Crippen LogP contribution in [-0.2, 0) is 5.88 Å². The number of benzene rings is 1. The van der Waals surface area contributed by atoms with Crippen LogP contribution < -0.4 is 4.73 Å². The van der Waals surface area contributed by atoms with Gasteiger partial charge in [-0.2, -0.15) is 5.26 Å². The number of aromatic nitrogens is 2. The SMILES string of the molecule is Cc1c2cc(C#N)ccc2nc(CCl)[n+]1[O-]. The number of hydrogen-bond acceptors (Lipinski definition) is 3. The first kappa shape index (κ1) is 10.7. The highest BCUT2D eigenvalue weighted by Crippen LogP contribution is 2.16. The van der Waals surface area contributed by atoms with Gasteiger partial charge in [-0.15, -0.1) is 11.6 Å². The quantitative estimate of drug-likeness (QED) is 0.429. The molecule has 0 aliphatic rings. The molecule has 0 N–H and O–H groups in total. The molecule has 0 saturated carbocycles. The Hall–Kier alpha value is -1.86. The molecule has 1 aromatic carbocycles. The molecule has 0 fully saturated rings. The largest absolute Gasteiger partial charge is 0.711 e. The minimum absolute atomic E-state index is 0.0697. The maximum atomic E-state index is 11.7. The minimum atomic E-state index is 0.0697. The van der Waals surface area contributed by atoms with Crippen molar-refractivity contribution in [3.63, 3.8) is 0 Å². The molecule has 2 rings (SSSR count). The second-order valence-corrected chi connectivity index (χ2v) is 3.65. The van der Waals surface area contributed by atoms with E-state index in [9.17, 15) is 5.21 Å². The number of alkyl halides is 1. The van der Waals surface area contributed by atoms with Crippen molar-refractivity contribution in [1.29, 1.82) is 5.26 Å². The lowest BCUT2D eigenvalue weighted by molar-refractivity contribution is -0.621. The molecule has 16 heavy (non-hydrogen) atoms. The summed E-state index contributed by atoms with van der Waals surface area (Å²) in [7, 11) is 0. The third kappa shape index (κ3) is 1.55. The van der Waals surface area contributed by atoms with Gasteiger partial charge in [0, 0.05) is 0 Å². The Morgan fingerprint density at radius 2 is 2.31 bits per heavy atom. The number of fused-ring (bicyclic) bond motifs is 1. The number of hydrogen-bond donors (Lipinski definition) is 0. The zero-order chi connectivity index (χ0) is 11.7. The predicted octanol–water partition coefficient (Wildman–Crippen LogP) is 1.79. The van der Waals surface area contributed by atoms with E-state index in [0.717, 1.165) is 0 Å².